The average molecular weight is 298 g/mol. The van der Waals surface area contributed by atoms with Gasteiger partial charge in [-0.05, 0) is 47.5 Å². The smallest absolute Gasteiger partial charge is 0.0592 e. The summed E-state index contributed by atoms with van der Waals surface area (Å²) in [7, 11) is 0. The number of nitrogens with one attached hydrogen (secondary N) is 1. The molecule has 94 valence electrons. The quantitative estimate of drug-likeness (QED) is 0.840. The molecular weight excluding hydrogens is 285 g/mol. The molecule has 0 bridgehead atoms. The Morgan fingerprint density at radius 1 is 1.22 bits per heavy atom. The van der Waals surface area contributed by atoms with Gasteiger partial charge in [0.05, 0.1) is 9.90 Å². The molecule has 1 aliphatic carbocycles. The van der Waals surface area contributed by atoms with E-state index in [1.54, 1.807) is 11.3 Å². The molecule has 0 saturated heterocycles. The van der Waals surface area contributed by atoms with E-state index in [0.29, 0.717) is 6.04 Å². The maximum atomic E-state index is 6.22. The lowest BCUT2D eigenvalue weighted by molar-refractivity contribution is 0.689. The Morgan fingerprint density at radius 3 is 2.72 bits per heavy atom. The fourth-order valence-corrected chi connectivity index (χ4v) is 3.37. The van der Waals surface area contributed by atoms with Gasteiger partial charge in [-0.2, -0.15) is 0 Å². The van der Waals surface area contributed by atoms with Crippen LogP contribution < -0.4 is 5.32 Å². The van der Waals surface area contributed by atoms with E-state index in [1.807, 2.05) is 23.6 Å². The summed E-state index contributed by atoms with van der Waals surface area (Å²) in [6.45, 7) is 0.856. The first-order valence-corrected chi connectivity index (χ1v) is 7.63. The molecule has 0 unspecified atom stereocenters. The highest BCUT2D eigenvalue weighted by Gasteiger charge is 2.21. The van der Waals surface area contributed by atoms with Gasteiger partial charge in [-0.3, -0.25) is 0 Å². The molecule has 1 saturated carbocycles. The molecule has 1 N–H and O–H groups in total. The second-order valence-electron chi connectivity index (χ2n) is 4.55. The summed E-state index contributed by atoms with van der Waals surface area (Å²) in [4.78, 5) is 1.13. The Bertz CT molecular complexity index is 561. The molecule has 0 amide bonds. The summed E-state index contributed by atoms with van der Waals surface area (Å²) in [6.07, 6.45) is 2.57. The van der Waals surface area contributed by atoms with Crippen LogP contribution in [-0.2, 0) is 6.54 Å². The van der Waals surface area contributed by atoms with Crippen molar-refractivity contribution in [1.82, 2.24) is 5.32 Å². The van der Waals surface area contributed by atoms with E-state index in [1.165, 1.54) is 24.0 Å². The molecule has 1 aromatic carbocycles. The first kappa shape index (κ1) is 12.5. The fraction of sp³-hybridized carbons (Fsp3) is 0.286. The summed E-state index contributed by atoms with van der Waals surface area (Å²) >= 11 is 14.0. The lowest BCUT2D eigenvalue weighted by Gasteiger charge is -2.10. The van der Waals surface area contributed by atoms with Crippen molar-refractivity contribution in [2.75, 3.05) is 0 Å². The molecule has 3 rings (SSSR count). The SMILES string of the molecule is Clc1ccc(-c2sccc2Cl)c(CNC2CC2)c1. The van der Waals surface area contributed by atoms with Gasteiger partial charge < -0.3 is 5.32 Å². The number of hydrogen-bond donors (Lipinski definition) is 1. The highest BCUT2D eigenvalue weighted by atomic mass is 35.5. The maximum Gasteiger partial charge on any atom is 0.0592 e. The zero-order valence-corrected chi connectivity index (χ0v) is 12.1. The van der Waals surface area contributed by atoms with E-state index in [4.69, 9.17) is 23.2 Å². The Morgan fingerprint density at radius 2 is 2.06 bits per heavy atom. The van der Waals surface area contributed by atoms with Crippen molar-refractivity contribution in [3.8, 4) is 10.4 Å². The summed E-state index contributed by atoms with van der Waals surface area (Å²) in [5.74, 6) is 0. The minimum atomic E-state index is 0.690. The third-order valence-corrected chi connectivity index (χ3v) is 4.70. The number of hydrogen-bond acceptors (Lipinski definition) is 2. The predicted octanol–water partition coefficient (Wildman–Crippen LogP) is 4.97. The lowest BCUT2D eigenvalue weighted by Crippen LogP contribution is -2.15. The fourth-order valence-electron chi connectivity index (χ4n) is 1.96. The molecular formula is C14H13Cl2NS. The molecule has 18 heavy (non-hydrogen) atoms. The molecule has 1 aromatic heterocycles. The second-order valence-corrected chi connectivity index (χ2v) is 6.31. The van der Waals surface area contributed by atoms with Crippen molar-refractivity contribution >= 4 is 34.5 Å². The summed E-state index contributed by atoms with van der Waals surface area (Å²) in [6, 6.07) is 8.64. The Labute approximate surface area is 121 Å². The van der Waals surface area contributed by atoms with Gasteiger partial charge in [0.2, 0.25) is 0 Å². The van der Waals surface area contributed by atoms with Crippen molar-refractivity contribution in [3.63, 3.8) is 0 Å². The molecule has 0 radical (unpaired) electrons. The average Bonchev–Trinajstić information content (AvgIpc) is 3.09. The van der Waals surface area contributed by atoms with Crippen LogP contribution in [-0.4, -0.2) is 6.04 Å². The van der Waals surface area contributed by atoms with Crippen LogP contribution in [0.2, 0.25) is 10.0 Å². The Kier molecular flexibility index (Phi) is 3.62. The Balaban J connectivity index is 1.94. The highest BCUT2D eigenvalue weighted by Crippen LogP contribution is 2.36. The minimum Gasteiger partial charge on any atom is -0.310 e. The maximum absolute atomic E-state index is 6.22. The van der Waals surface area contributed by atoms with E-state index in [0.717, 1.165) is 21.5 Å². The third-order valence-electron chi connectivity index (χ3n) is 3.09. The van der Waals surface area contributed by atoms with E-state index in [-0.39, 0.29) is 0 Å². The lowest BCUT2D eigenvalue weighted by atomic mass is 10.1. The molecule has 4 heteroatoms. The topological polar surface area (TPSA) is 12.0 Å². The predicted molar refractivity (Wildman–Crippen MR) is 79.6 cm³/mol. The van der Waals surface area contributed by atoms with Crippen molar-refractivity contribution in [2.24, 2.45) is 0 Å². The van der Waals surface area contributed by atoms with E-state index in [9.17, 15) is 0 Å². The highest BCUT2D eigenvalue weighted by molar-refractivity contribution is 7.14. The van der Waals surface area contributed by atoms with Crippen molar-refractivity contribution < 1.29 is 0 Å². The summed E-state index contributed by atoms with van der Waals surface area (Å²) in [5.41, 5.74) is 2.41. The second kappa shape index (κ2) is 5.22. The van der Waals surface area contributed by atoms with Gasteiger partial charge in [-0.1, -0.05) is 29.3 Å². The standard InChI is InChI=1S/C14H13Cl2NS/c15-10-1-4-12(14-13(16)5-6-18-14)9(7-10)8-17-11-2-3-11/h1,4-7,11,17H,2-3,8H2. The molecule has 2 aromatic rings. The molecule has 1 nitrogen and oxygen atoms in total. The minimum absolute atomic E-state index is 0.690. The first-order valence-electron chi connectivity index (χ1n) is 5.99. The first-order chi connectivity index (χ1) is 8.74. The van der Waals surface area contributed by atoms with Crippen molar-refractivity contribution in [3.05, 3.63) is 45.3 Å². The zero-order chi connectivity index (χ0) is 12.5. The van der Waals surface area contributed by atoms with Gasteiger partial charge in [0, 0.05) is 17.6 Å². The molecule has 0 spiro atoms. The van der Waals surface area contributed by atoms with Crippen LogP contribution in [0.15, 0.2) is 29.6 Å². The number of halogens is 2. The normalized spacial score (nSPS) is 15.0. The Hall–Kier alpha value is -0.540. The van der Waals surface area contributed by atoms with Crippen LogP contribution in [0.1, 0.15) is 18.4 Å². The zero-order valence-electron chi connectivity index (χ0n) is 9.75. The number of benzene rings is 1. The molecule has 1 heterocycles. The van der Waals surface area contributed by atoms with Crippen LogP contribution in [0.3, 0.4) is 0 Å². The van der Waals surface area contributed by atoms with Gasteiger partial charge in [0.1, 0.15) is 0 Å². The van der Waals surface area contributed by atoms with Crippen molar-refractivity contribution in [2.45, 2.75) is 25.4 Å². The van der Waals surface area contributed by atoms with E-state index in [2.05, 4.69) is 11.4 Å². The molecule has 1 aliphatic rings. The number of thiophene rings is 1. The molecule has 0 atom stereocenters. The molecule has 0 aliphatic heterocycles. The van der Waals surface area contributed by atoms with Gasteiger partial charge >= 0.3 is 0 Å². The van der Waals surface area contributed by atoms with Gasteiger partial charge in [0.25, 0.3) is 0 Å². The van der Waals surface area contributed by atoms with Gasteiger partial charge in [0.15, 0.2) is 0 Å². The summed E-state index contributed by atoms with van der Waals surface area (Å²) < 4.78 is 0. The van der Waals surface area contributed by atoms with Crippen LogP contribution in [0.5, 0.6) is 0 Å². The number of rotatable bonds is 4. The van der Waals surface area contributed by atoms with Crippen LogP contribution in [0.25, 0.3) is 10.4 Å². The largest absolute Gasteiger partial charge is 0.310 e. The van der Waals surface area contributed by atoms with Crippen LogP contribution >= 0.6 is 34.5 Å². The molecule has 1 fully saturated rings. The third kappa shape index (κ3) is 2.72. The van der Waals surface area contributed by atoms with Crippen molar-refractivity contribution in [1.29, 1.82) is 0 Å². The summed E-state index contributed by atoms with van der Waals surface area (Å²) in [5, 5.41) is 7.13. The van der Waals surface area contributed by atoms with Crippen LogP contribution in [0, 0.1) is 0 Å². The van der Waals surface area contributed by atoms with Gasteiger partial charge in [-0.25, -0.2) is 0 Å². The van der Waals surface area contributed by atoms with Crippen LogP contribution in [0.4, 0.5) is 0 Å². The van der Waals surface area contributed by atoms with E-state index >= 15 is 0 Å². The van der Waals surface area contributed by atoms with Gasteiger partial charge in [-0.15, -0.1) is 11.3 Å². The van der Waals surface area contributed by atoms with E-state index < -0.39 is 0 Å². The monoisotopic (exact) mass is 297 g/mol.